The molecule has 1 aromatic heterocycles. The normalized spacial score (nSPS) is 12.2. The van der Waals surface area contributed by atoms with Crippen LogP contribution in [0.1, 0.15) is 6.92 Å². The van der Waals surface area contributed by atoms with Crippen LogP contribution in [0.4, 0.5) is 17.6 Å². The van der Waals surface area contributed by atoms with Crippen LogP contribution in [0.2, 0.25) is 0 Å². The maximum Gasteiger partial charge on any atom is 0.223 e. The van der Waals surface area contributed by atoms with Gasteiger partial charge in [0.1, 0.15) is 11.6 Å². The molecule has 0 amide bonds. The molecule has 0 aromatic carbocycles. The van der Waals surface area contributed by atoms with E-state index in [1.54, 1.807) is 20.0 Å². The summed E-state index contributed by atoms with van der Waals surface area (Å²) in [6.07, 6.45) is -0.427. The molecular weight excluding hydrogens is 182 g/mol. The molecule has 1 unspecified atom stereocenters. The predicted octanol–water partition coefficient (Wildman–Crippen LogP) is -0.107. The number of hydrogen-bond acceptors (Lipinski definition) is 6. The van der Waals surface area contributed by atoms with Crippen molar-refractivity contribution in [2.45, 2.75) is 13.0 Å². The molecule has 5 N–H and O–H groups in total. The van der Waals surface area contributed by atoms with Gasteiger partial charge in [0.05, 0.1) is 6.10 Å². The van der Waals surface area contributed by atoms with Gasteiger partial charge in [-0.3, -0.25) is 0 Å². The molecule has 6 nitrogen and oxygen atoms in total. The van der Waals surface area contributed by atoms with Crippen LogP contribution in [-0.4, -0.2) is 34.8 Å². The number of nitrogens with one attached hydrogen (secondary N) is 2. The lowest BCUT2D eigenvalue weighted by Gasteiger charge is -2.09. The van der Waals surface area contributed by atoms with Crippen LogP contribution in [-0.2, 0) is 0 Å². The number of nitrogen functional groups attached to an aromatic ring is 1. The molecule has 0 saturated heterocycles. The van der Waals surface area contributed by atoms with Crippen molar-refractivity contribution in [1.29, 1.82) is 0 Å². The van der Waals surface area contributed by atoms with E-state index in [0.717, 1.165) is 0 Å². The van der Waals surface area contributed by atoms with Gasteiger partial charge in [0.25, 0.3) is 0 Å². The van der Waals surface area contributed by atoms with E-state index in [0.29, 0.717) is 18.2 Å². The Labute approximate surface area is 82.6 Å². The van der Waals surface area contributed by atoms with Crippen molar-refractivity contribution in [1.82, 2.24) is 9.97 Å². The molecule has 0 fully saturated rings. The minimum absolute atomic E-state index is 0.199. The van der Waals surface area contributed by atoms with Gasteiger partial charge in [-0.15, -0.1) is 0 Å². The fraction of sp³-hybridized carbons (Fsp3) is 0.500. The Hall–Kier alpha value is -1.56. The average Bonchev–Trinajstić information content (AvgIpc) is 2.14. The molecule has 0 aliphatic rings. The molecule has 14 heavy (non-hydrogen) atoms. The van der Waals surface area contributed by atoms with E-state index in [-0.39, 0.29) is 5.95 Å². The molecule has 0 spiro atoms. The summed E-state index contributed by atoms with van der Waals surface area (Å²) in [4.78, 5) is 7.89. The molecule has 78 valence electrons. The fourth-order valence-electron chi connectivity index (χ4n) is 0.937. The van der Waals surface area contributed by atoms with Gasteiger partial charge in [0.2, 0.25) is 5.95 Å². The summed E-state index contributed by atoms with van der Waals surface area (Å²) >= 11 is 0. The van der Waals surface area contributed by atoms with Gasteiger partial charge in [0, 0.05) is 19.7 Å². The Morgan fingerprint density at radius 1 is 1.50 bits per heavy atom. The van der Waals surface area contributed by atoms with Crippen LogP contribution in [0.25, 0.3) is 0 Å². The van der Waals surface area contributed by atoms with Crippen molar-refractivity contribution in [2.75, 3.05) is 30.0 Å². The van der Waals surface area contributed by atoms with Crippen LogP contribution in [0.3, 0.4) is 0 Å². The number of nitrogens with two attached hydrogens (primary N) is 1. The summed E-state index contributed by atoms with van der Waals surface area (Å²) in [5.41, 5.74) is 5.48. The lowest BCUT2D eigenvalue weighted by molar-refractivity contribution is 0.208. The number of aliphatic hydroxyl groups excluding tert-OH is 1. The van der Waals surface area contributed by atoms with Gasteiger partial charge >= 0.3 is 0 Å². The number of nitrogens with zero attached hydrogens (tertiary/aromatic N) is 2. The molecule has 0 radical (unpaired) electrons. The Bertz CT molecular complexity index is 302. The van der Waals surface area contributed by atoms with E-state index >= 15 is 0 Å². The smallest absolute Gasteiger partial charge is 0.223 e. The Balaban J connectivity index is 2.71. The number of hydrogen-bond donors (Lipinski definition) is 4. The first kappa shape index (κ1) is 10.5. The third-order valence-electron chi connectivity index (χ3n) is 1.58. The van der Waals surface area contributed by atoms with Crippen molar-refractivity contribution < 1.29 is 5.11 Å². The number of aromatic nitrogens is 2. The lowest BCUT2D eigenvalue weighted by Crippen LogP contribution is -2.16. The molecule has 1 atom stereocenters. The Morgan fingerprint density at radius 3 is 2.71 bits per heavy atom. The Morgan fingerprint density at radius 2 is 2.14 bits per heavy atom. The van der Waals surface area contributed by atoms with Crippen molar-refractivity contribution >= 4 is 17.6 Å². The largest absolute Gasteiger partial charge is 0.392 e. The summed E-state index contributed by atoms with van der Waals surface area (Å²) in [5.74, 6) is 1.44. The second-order valence-electron chi connectivity index (χ2n) is 2.98. The number of aliphatic hydroxyl groups is 1. The number of rotatable bonds is 4. The Kier molecular flexibility index (Phi) is 3.47. The molecule has 1 heterocycles. The van der Waals surface area contributed by atoms with E-state index in [4.69, 9.17) is 10.8 Å². The minimum atomic E-state index is -0.427. The summed E-state index contributed by atoms with van der Waals surface area (Å²) < 4.78 is 0. The van der Waals surface area contributed by atoms with Crippen LogP contribution >= 0.6 is 0 Å². The van der Waals surface area contributed by atoms with Crippen LogP contribution < -0.4 is 16.4 Å². The zero-order valence-corrected chi connectivity index (χ0v) is 8.28. The SMILES string of the molecule is CNc1cc(NCC(C)O)nc(N)n1. The van der Waals surface area contributed by atoms with E-state index in [1.807, 2.05) is 0 Å². The maximum atomic E-state index is 9.06. The maximum absolute atomic E-state index is 9.06. The van der Waals surface area contributed by atoms with Crippen molar-refractivity contribution in [3.05, 3.63) is 6.07 Å². The summed E-state index contributed by atoms with van der Waals surface area (Å²) in [6.45, 7) is 2.12. The van der Waals surface area contributed by atoms with E-state index in [1.165, 1.54) is 0 Å². The standard InChI is InChI=1S/C8H15N5O/c1-5(14)4-11-7-3-6(10-2)12-8(9)13-7/h3,5,14H,4H2,1-2H3,(H4,9,10,11,12,13). The van der Waals surface area contributed by atoms with E-state index in [9.17, 15) is 0 Å². The van der Waals surface area contributed by atoms with Crippen LogP contribution in [0, 0.1) is 0 Å². The third kappa shape index (κ3) is 3.06. The number of anilines is 3. The second-order valence-corrected chi connectivity index (χ2v) is 2.98. The van der Waals surface area contributed by atoms with Gasteiger partial charge in [-0.2, -0.15) is 9.97 Å². The zero-order valence-electron chi connectivity index (χ0n) is 8.28. The van der Waals surface area contributed by atoms with Crippen molar-refractivity contribution in [3.8, 4) is 0 Å². The predicted molar refractivity (Wildman–Crippen MR) is 56.2 cm³/mol. The summed E-state index contributed by atoms with van der Waals surface area (Å²) in [6, 6.07) is 1.72. The highest BCUT2D eigenvalue weighted by Crippen LogP contribution is 2.11. The molecule has 1 rings (SSSR count). The van der Waals surface area contributed by atoms with Crippen molar-refractivity contribution in [2.24, 2.45) is 0 Å². The first-order valence-electron chi connectivity index (χ1n) is 4.36. The minimum Gasteiger partial charge on any atom is -0.392 e. The first-order chi connectivity index (χ1) is 6.61. The molecule has 6 heteroatoms. The fourth-order valence-corrected chi connectivity index (χ4v) is 0.937. The first-order valence-corrected chi connectivity index (χ1v) is 4.36. The summed E-state index contributed by atoms with van der Waals surface area (Å²) in [5, 5.41) is 14.9. The van der Waals surface area contributed by atoms with E-state index in [2.05, 4.69) is 20.6 Å². The lowest BCUT2D eigenvalue weighted by atomic mass is 10.4. The zero-order chi connectivity index (χ0) is 10.6. The molecule has 0 aliphatic carbocycles. The van der Waals surface area contributed by atoms with Crippen LogP contribution in [0.5, 0.6) is 0 Å². The quantitative estimate of drug-likeness (QED) is 0.538. The highest BCUT2D eigenvalue weighted by Gasteiger charge is 2.01. The van der Waals surface area contributed by atoms with Crippen LogP contribution in [0.15, 0.2) is 6.07 Å². The van der Waals surface area contributed by atoms with Gasteiger partial charge < -0.3 is 21.5 Å². The second kappa shape index (κ2) is 4.61. The molecule has 0 aliphatic heterocycles. The molecule has 0 saturated carbocycles. The monoisotopic (exact) mass is 197 g/mol. The van der Waals surface area contributed by atoms with Crippen molar-refractivity contribution in [3.63, 3.8) is 0 Å². The van der Waals surface area contributed by atoms with Gasteiger partial charge in [0.15, 0.2) is 0 Å². The average molecular weight is 197 g/mol. The van der Waals surface area contributed by atoms with Gasteiger partial charge in [-0.05, 0) is 6.92 Å². The molecule has 0 bridgehead atoms. The van der Waals surface area contributed by atoms with Gasteiger partial charge in [-0.25, -0.2) is 0 Å². The third-order valence-corrected chi connectivity index (χ3v) is 1.58. The topological polar surface area (TPSA) is 96.1 Å². The highest BCUT2D eigenvalue weighted by atomic mass is 16.3. The highest BCUT2D eigenvalue weighted by molar-refractivity contribution is 5.50. The summed E-state index contributed by atoms with van der Waals surface area (Å²) in [7, 11) is 1.75. The van der Waals surface area contributed by atoms with E-state index < -0.39 is 6.10 Å². The molecular formula is C8H15N5O. The molecule has 1 aromatic rings. The van der Waals surface area contributed by atoms with Gasteiger partial charge in [-0.1, -0.05) is 0 Å².